The monoisotopic (exact) mass is 639 g/mol. The third-order valence-electron chi connectivity index (χ3n) is 4.18. The molecule has 2 aromatic heterocycles. The lowest BCUT2D eigenvalue weighted by Crippen LogP contribution is -2.22. The summed E-state index contributed by atoms with van der Waals surface area (Å²) in [4.78, 5) is 29.8. The van der Waals surface area contributed by atoms with Crippen molar-refractivity contribution in [1.82, 2.24) is 19.5 Å². The average Bonchev–Trinajstić information content (AvgIpc) is 3.21. The molecule has 0 saturated heterocycles. The number of hydrogen-bond donors (Lipinski definition) is 2. The van der Waals surface area contributed by atoms with Crippen molar-refractivity contribution in [2.24, 2.45) is 0 Å². The van der Waals surface area contributed by atoms with E-state index in [2.05, 4.69) is 52.0 Å². The molecule has 2 heterocycles. The van der Waals surface area contributed by atoms with Crippen LogP contribution in [0.2, 0.25) is 5.02 Å². The molecule has 0 radical (unpaired) electrons. The maximum atomic E-state index is 13.4. The maximum Gasteiger partial charge on any atom is 0.435 e. The van der Waals surface area contributed by atoms with Crippen molar-refractivity contribution in [3.63, 3.8) is 0 Å². The number of carbonyl (C=O) groups is 2. The van der Waals surface area contributed by atoms with Gasteiger partial charge in [-0.1, -0.05) is 46.4 Å². The molecule has 0 aliphatic heterocycles. The van der Waals surface area contributed by atoms with Crippen LogP contribution in [0.15, 0.2) is 45.5 Å². The summed E-state index contributed by atoms with van der Waals surface area (Å²) in [7, 11) is 0. The van der Waals surface area contributed by atoms with Gasteiger partial charge in [0.2, 0.25) is 0 Å². The summed E-state index contributed by atoms with van der Waals surface area (Å²) in [6.07, 6.45) is -2.68. The van der Waals surface area contributed by atoms with Crippen molar-refractivity contribution in [3.8, 4) is 5.82 Å². The molecule has 1 aromatic carbocycles. The lowest BCUT2D eigenvalue weighted by atomic mass is 10.1. The number of amides is 2. The summed E-state index contributed by atoms with van der Waals surface area (Å²) in [5.41, 5.74) is -1.62. The van der Waals surface area contributed by atoms with Crippen molar-refractivity contribution in [3.05, 3.63) is 67.4 Å². The maximum absolute atomic E-state index is 13.4. The molecule has 0 aliphatic carbocycles. The summed E-state index contributed by atoms with van der Waals surface area (Å²) < 4.78 is 44.4. The lowest BCUT2D eigenvalue weighted by Gasteiger charge is -2.14. The zero-order valence-corrected chi connectivity index (χ0v) is 22.0. The van der Waals surface area contributed by atoms with E-state index in [9.17, 15) is 22.8 Å². The number of nitrogens with one attached hydrogen (secondary N) is 2. The number of nitrogens with zero attached hydrogens (tertiary/aromatic N) is 3. The summed E-state index contributed by atoms with van der Waals surface area (Å²) in [6.45, 7) is 1.95. The number of aromatic nitrogens is 3. The van der Waals surface area contributed by atoms with Gasteiger partial charge in [-0.15, -0.1) is 0 Å². The zero-order chi connectivity index (χ0) is 25.0. The molecule has 14 heteroatoms. The Hall–Kier alpha value is -2.09. The van der Waals surface area contributed by atoms with Crippen LogP contribution in [0.3, 0.4) is 0 Å². The second-order valence-electron chi connectivity index (χ2n) is 6.68. The zero-order valence-electron chi connectivity index (χ0n) is 17.2. The third kappa shape index (κ3) is 6.12. The van der Waals surface area contributed by atoms with Gasteiger partial charge in [0, 0.05) is 27.0 Å². The largest absolute Gasteiger partial charge is 0.435 e. The highest BCUT2D eigenvalue weighted by atomic mass is 79.9. The number of carbonyl (C=O) groups excluding carboxylic acids is 2. The van der Waals surface area contributed by atoms with Crippen LogP contribution < -0.4 is 10.0 Å². The SMILES string of the molecule is CCCSNC(=O)c1cc(Br)cc(Br)c1NC(=O)c1cc(C(F)(F)F)nn1-c1ncccc1Cl. The lowest BCUT2D eigenvalue weighted by molar-refractivity contribution is -0.141. The van der Waals surface area contributed by atoms with Crippen molar-refractivity contribution >= 4 is 72.9 Å². The number of halogens is 6. The standard InChI is InChI=1S/C20H15Br2ClF3N5O2S/c1-2-6-34-30-18(32)11-7-10(21)8-12(22)16(11)28-19(33)14-9-15(20(24,25)26)29-31(14)17-13(23)4-3-5-27-17/h3-5,7-9H,2,6H2,1H3,(H,28,33)(H,30,32). The highest BCUT2D eigenvalue weighted by Gasteiger charge is 2.37. The molecule has 34 heavy (non-hydrogen) atoms. The van der Waals surface area contributed by atoms with Gasteiger partial charge in [0.15, 0.2) is 11.5 Å². The highest BCUT2D eigenvalue weighted by molar-refractivity contribution is 9.11. The summed E-state index contributed by atoms with van der Waals surface area (Å²) in [5.74, 6) is -0.933. The molecule has 180 valence electrons. The van der Waals surface area contributed by atoms with Crippen molar-refractivity contribution in [2.75, 3.05) is 11.1 Å². The smallest absolute Gasteiger partial charge is 0.319 e. The molecule has 0 bridgehead atoms. The van der Waals surface area contributed by atoms with Gasteiger partial charge in [-0.2, -0.15) is 18.3 Å². The van der Waals surface area contributed by atoms with E-state index in [4.69, 9.17) is 11.6 Å². The van der Waals surface area contributed by atoms with Crippen molar-refractivity contribution in [2.45, 2.75) is 19.5 Å². The van der Waals surface area contributed by atoms with Crippen LogP contribution in [0.1, 0.15) is 39.9 Å². The summed E-state index contributed by atoms with van der Waals surface area (Å²) >= 11 is 13.9. The van der Waals surface area contributed by atoms with Crippen LogP contribution in [0, 0.1) is 0 Å². The molecule has 3 aromatic rings. The Morgan fingerprint density at radius 1 is 1.21 bits per heavy atom. The first-order chi connectivity index (χ1) is 16.0. The molecule has 3 rings (SSSR count). The van der Waals surface area contributed by atoms with Crippen LogP contribution in [-0.2, 0) is 6.18 Å². The first-order valence-electron chi connectivity index (χ1n) is 9.53. The van der Waals surface area contributed by atoms with E-state index in [1.165, 1.54) is 36.3 Å². The van der Waals surface area contributed by atoms with Crippen LogP contribution in [0.25, 0.3) is 5.82 Å². The van der Waals surface area contributed by atoms with Gasteiger partial charge in [0.1, 0.15) is 5.69 Å². The second kappa shape index (κ2) is 11.1. The Kier molecular flexibility index (Phi) is 8.66. The Morgan fingerprint density at radius 3 is 2.59 bits per heavy atom. The number of alkyl halides is 3. The molecule has 2 amide bonds. The van der Waals surface area contributed by atoms with Crippen LogP contribution in [0.5, 0.6) is 0 Å². The number of hydrogen-bond acceptors (Lipinski definition) is 5. The summed E-state index contributed by atoms with van der Waals surface area (Å²) in [5, 5.41) is 6.01. The number of anilines is 1. The van der Waals surface area contributed by atoms with Gasteiger partial charge in [-0.05, 0) is 46.6 Å². The predicted molar refractivity (Wildman–Crippen MR) is 131 cm³/mol. The minimum atomic E-state index is -4.82. The fourth-order valence-electron chi connectivity index (χ4n) is 2.71. The van der Waals surface area contributed by atoms with Gasteiger partial charge in [0.05, 0.1) is 16.3 Å². The van der Waals surface area contributed by atoms with E-state index in [0.29, 0.717) is 25.4 Å². The molecular formula is C20H15Br2ClF3N5O2S. The molecule has 0 saturated carbocycles. The van der Waals surface area contributed by atoms with Crippen molar-refractivity contribution < 1.29 is 22.8 Å². The third-order valence-corrected chi connectivity index (χ3v) is 6.50. The molecule has 0 unspecified atom stereocenters. The topological polar surface area (TPSA) is 88.9 Å². The van der Waals surface area contributed by atoms with Crippen LogP contribution in [0.4, 0.5) is 18.9 Å². The van der Waals surface area contributed by atoms with E-state index in [1.807, 2.05) is 6.92 Å². The Morgan fingerprint density at radius 2 is 1.94 bits per heavy atom. The predicted octanol–water partition coefficient (Wildman–Crippen LogP) is 6.50. The van der Waals surface area contributed by atoms with E-state index in [1.54, 1.807) is 6.07 Å². The highest BCUT2D eigenvalue weighted by Crippen LogP contribution is 2.33. The molecule has 0 atom stereocenters. The average molecular weight is 642 g/mol. The van der Waals surface area contributed by atoms with E-state index in [0.717, 1.165) is 6.42 Å². The Bertz CT molecular complexity index is 1240. The van der Waals surface area contributed by atoms with Crippen molar-refractivity contribution in [1.29, 1.82) is 0 Å². The van der Waals surface area contributed by atoms with Gasteiger partial charge < -0.3 is 5.32 Å². The molecule has 0 spiro atoms. The normalized spacial score (nSPS) is 11.4. The minimum Gasteiger partial charge on any atom is -0.319 e. The fraction of sp³-hybridized carbons (Fsp3) is 0.200. The molecule has 0 fully saturated rings. The van der Waals surface area contributed by atoms with Crippen LogP contribution >= 0.6 is 55.4 Å². The molecular weight excluding hydrogens is 627 g/mol. The number of pyridine rings is 1. The Labute approximate surface area is 218 Å². The summed E-state index contributed by atoms with van der Waals surface area (Å²) in [6, 6.07) is 6.54. The number of benzene rings is 1. The van der Waals surface area contributed by atoms with Gasteiger partial charge in [0.25, 0.3) is 11.8 Å². The van der Waals surface area contributed by atoms with Crippen LogP contribution in [-0.4, -0.2) is 32.3 Å². The minimum absolute atomic E-state index is 0.00814. The fourth-order valence-corrected chi connectivity index (χ4v) is 4.78. The van der Waals surface area contributed by atoms with Gasteiger partial charge in [-0.25, -0.2) is 9.67 Å². The molecule has 7 nitrogen and oxygen atoms in total. The van der Waals surface area contributed by atoms with Gasteiger partial charge >= 0.3 is 6.18 Å². The van der Waals surface area contributed by atoms with E-state index in [-0.39, 0.29) is 22.1 Å². The molecule has 0 aliphatic rings. The first-order valence-corrected chi connectivity index (χ1v) is 12.5. The van der Waals surface area contributed by atoms with E-state index < -0.39 is 29.4 Å². The Balaban J connectivity index is 2.04. The quantitative estimate of drug-likeness (QED) is 0.227. The second-order valence-corrected chi connectivity index (χ2v) is 9.76. The molecule has 2 N–H and O–H groups in total. The first kappa shape index (κ1) is 26.5. The van der Waals surface area contributed by atoms with E-state index >= 15 is 0 Å². The van der Waals surface area contributed by atoms with Gasteiger partial charge in [-0.3, -0.25) is 14.3 Å². The number of rotatable bonds is 7.